The smallest absolute Gasteiger partial charge is 0.353 e. The van der Waals surface area contributed by atoms with Crippen LogP contribution in [0.5, 0.6) is 0 Å². The van der Waals surface area contributed by atoms with E-state index in [4.69, 9.17) is 10.6 Å². The Balaban J connectivity index is 1.49. The van der Waals surface area contributed by atoms with Crippen LogP contribution in [0.15, 0.2) is 32.4 Å². The Hall–Kier alpha value is -3.64. The highest BCUT2D eigenvalue weighted by atomic mass is 32.2. The first kappa shape index (κ1) is 27.4. The number of aromatic nitrogens is 4. The molecule has 2 amide bonds. The molecule has 1 saturated heterocycles. The molecule has 4 heterocycles. The molecule has 0 aliphatic carbocycles. The molecule has 2 atom stereocenters. The van der Waals surface area contributed by atoms with Gasteiger partial charge in [0, 0.05) is 10.3 Å². The van der Waals surface area contributed by atoms with Crippen molar-refractivity contribution in [1.82, 2.24) is 30.6 Å². The maximum absolute atomic E-state index is 13.1. The molecule has 0 saturated carbocycles. The number of H-pyrrole nitrogens is 1. The largest absolute Gasteiger partial charge is 0.478 e. The van der Waals surface area contributed by atoms with Crippen LogP contribution in [0.1, 0.15) is 32.4 Å². The van der Waals surface area contributed by atoms with Crippen LogP contribution in [-0.4, -0.2) is 87.7 Å². The number of allylic oxidation sites excluding steroid dienone is 1. The molecule has 2 aromatic heterocycles. The summed E-state index contributed by atoms with van der Waals surface area (Å²) in [5.41, 5.74) is 3.47. The van der Waals surface area contributed by atoms with E-state index in [1.165, 1.54) is 47.7 Å². The number of thioether (sulfide) groups is 2. The van der Waals surface area contributed by atoms with E-state index in [9.17, 15) is 29.4 Å². The number of carboxylic acids is 2. The van der Waals surface area contributed by atoms with Gasteiger partial charge in [0.05, 0.1) is 17.3 Å². The molecular formula is C20H22N8O7S3. The fourth-order valence-electron chi connectivity index (χ4n) is 3.60. The van der Waals surface area contributed by atoms with Crippen molar-refractivity contribution in [2.75, 3.05) is 10.8 Å². The second-order valence-corrected chi connectivity index (χ2v) is 11.8. The second kappa shape index (κ2) is 11.0. The van der Waals surface area contributed by atoms with Gasteiger partial charge < -0.3 is 26.1 Å². The number of aliphatic carboxylic acids is 2. The zero-order valence-electron chi connectivity index (χ0n) is 19.9. The Morgan fingerprint density at radius 2 is 2.13 bits per heavy atom. The standard InChI is InChI=1S/C20H22N8O7S3/c1-20(2,18(33)34)35-26-12(8-6-36-19(21)23-8)15(29)24-13-9-3-4-10(14(17(31)32)28(9)16(13)30)37-7-38-11-5-22-27-25-11/h5-6,9,13H,3-4,7H2,1-2H3,(H2,21,23)(H,24,29)(H,31,32)(H,33,34)(H,22,25,27)/b26-12-/t9-,13+/m1/s1. The predicted octanol–water partition coefficient (Wildman–Crippen LogP) is 0.696. The Labute approximate surface area is 227 Å². The van der Waals surface area contributed by atoms with E-state index >= 15 is 0 Å². The molecule has 2 aliphatic heterocycles. The second-order valence-electron chi connectivity index (χ2n) is 8.47. The van der Waals surface area contributed by atoms with Gasteiger partial charge in [0.2, 0.25) is 5.60 Å². The molecule has 4 rings (SSSR count). The van der Waals surface area contributed by atoms with Crippen molar-refractivity contribution in [2.45, 2.75) is 49.4 Å². The lowest BCUT2D eigenvalue weighted by Gasteiger charge is -2.50. The van der Waals surface area contributed by atoms with Crippen LogP contribution in [0.4, 0.5) is 5.13 Å². The third-order valence-corrected chi connectivity index (χ3v) is 8.43. The fourth-order valence-corrected chi connectivity index (χ4v) is 6.25. The van der Waals surface area contributed by atoms with Crippen LogP contribution >= 0.6 is 34.9 Å². The zero-order valence-corrected chi connectivity index (χ0v) is 22.4. The van der Waals surface area contributed by atoms with Gasteiger partial charge >= 0.3 is 11.9 Å². The van der Waals surface area contributed by atoms with E-state index < -0.39 is 41.4 Å². The molecule has 0 unspecified atom stereocenters. The quantitative estimate of drug-likeness (QED) is 0.0809. The summed E-state index contributed by atoms with van der Waals surface area (Å²) >= 11 is 3.70. The number of nitrogen functional groups attached to an aromatic ring is 1. The van der Waals surface area contributed by atoms with Gasteiger partial charge in [-0.15, -0.1) is 28.2 Å². The summed E-state index contributed by atoms with van der Waals surface area (Å²) in [6, 6.07) is -1.59. The zero-order chi connectivity index (χ0) is 27.6. The molecule has 18 heteroatoms. The minimum absolute atomic E-state index is 0.0351. The maximum atomic E-state index is 13.1. The fraction of sp³-hybridized carbons (Fsp3) is 0.400. The molecule has 1 fully saturated rings. The first-order valence-electron chi connectivity index (χ1n) is 10.9. The maximum Gasteiger partial charge on any atom is 0.353 e. The normalized spacial score (nSPS) is 19.6. The van der Waals surface area contributed by atoms with Gasteiger partial charge in [-0.3, -0.25) is 14.5 Å². The summed E-state index contributed by atoms with van der Waals surface area (Å²) in [5, 5.41) is 38.2. The molecule has 2 aliphatic rings. The first-order chi connectivity index (χ1) is 18.0. The molecule has 0 radical (unpaired) electrons. The molecular weight excluding hydrogens is 560 g/mol. The molecule has 202 valence electrons. The van der Waals surface area contributed by atoms with Crippen molar-refractivity contribution >= 4 is 69.5 Å². The summed E-state index contributed by atoms with van der Waals surface area (Å²) in [7, 11) is 0. The number of rotatable bonds is 11. The number of β-lactam (4-membered cyclic amide) rings is 1. The van der Waals surface area contributed by atoms with Gasteiger partial charge in [-0.05, 0) is 26.7 Å². The number of carbonyl (C=O) groups excluding carboxylic acids is 2. The third-order valence-electron chi connectivity index (χ3n) is 5.57. The lowest BCUT2D eigenvalue weighted by molar-refractivity contribution is -0.161. The molecule has 0 spiro atoms. The van der Waals surface area contributed by atoms with Gasteiger partial charge in [-0.2, -0.15) is 10.3 Å². The van der Waals surface area contributed by atoms with Crippen LogP contribution < -0.4 is 11.1 Å². The Morgan fingerprint density at radius 3 is 2.74 bits per heavy atom. The number of nitrogens with two attached hydrogens (primary N) is 1. The van der Waals surface area contributed by atoms with E-state index in [2.05, 4.69) is 30.9 Å². The number of oxime groups is 1. The van der Waals surface area contributed by atoms with Gasteiger partial charge in [0.15, 0.2) is 10.8 Å². The lowest BCUT2D eigenvalue weighted by Crippen LogP contribution is -2.72. The minimum atomic E-state index is -1.75. The highest BCUT2D eigenvalue weighted by molar-refractivity contribution is 8.17. The van der Waals surface area contributed by atoms with Crippen LogP contribution in [0, 0.1) is 0 Å². The first-order valence-corrected chi connectivity index (χ1v) is 13.8. The molecule has 2 aromatic rings. The van der Waals surface area contributed by atoms with Crippen LogP contribution in [0.25, 0.3) is 0 Å². The number of nitrogens with one attached hydrogen (secondary N) is 2. The van der Waals surface area contributed by atoms with Crippen molar-refractivity contribution in [1.29, 1.82) is 0 Å². The number of anilines is 1. The minimum Gasteiger partial charge on any atom is -0.478 e. The summed E-state index contributed by atoms with van der Waals surface area (Å²) < 4.78 is 0. The van der Waals surface area contributed by atoms with Gasteiger partial charge in [-0.25, -0.2) is 14.6 Å². The highest BCUT2D eigenvalue weighted by Gasteiger charge is 2.53. The van der Waals surface area contributed by atoms with E-state index in [-0.39, 0.29) is 22.2 Å². The molecule has 38 heavy (non-hydrogen) atoms. The summed E-state index contributed by atoms with van der Waals surface area (Å²) in [5.74, 6) is -4.00. The lowest BCUT2D eigenvalue weighted by atomic mass is 9.86. The van der Waals surface area contributed by atoms with E-state index in [1.807, 2.05) is 0 Å². The van der Waals surface area contributed by atoms with Crippen molar-refractivity contribution < 1.29 is 34.2 Å². The van der Waals surface area contributed by atoms with Crippen molar-refractivity contribution in [3.05, 3.63) is 27.9 Å². The van der Waals surface area contributed by atoms with Crippen molar-refractivity contribution in [3.8, 4) is 0 Å². The number of hydrogen-bond acceptors (Lipinski definition) is 13. The number of carboxylic acid groups (broad SMARTS) is 2. The van der Waals surface area contributed by atoms with E-state index in [0.717, 1.165) is 11.3 Å². The van der Waals surface area contributed by atoms with Crippen LogP contribution in [-0.2, 0) is 24.0 Å². The SMILES string of the molecule is CC(C)(O/N=C(\C(=O)N[C@@H]1C(=O)N2C(C(=O)O)=C(SCSc3cn[nH]n3)CC[C@H]12)c1csc(N)n1)C(=O)O. The number of aromatic amines is 1. The van der Waals surface area contributed by atoms with E-state index in [1.54, 1.807) is 6.20 Å². The molecule has 6 N–H and O–H groups in total. The van der Waals surface area contributed by atoms with Gasteiger partial charge in [0.1, 0.15) is 22.5 Å². The summed E-state index contributed by atoms with van der Waals surface area (Å²) in [6.45, 7) is 2.50. The van der Waals surface area contributed by atoms with Crippen molar-refractivity contribution in [3.63, 3.8) is 0 Å². The average Bonchev–Trinajstić information content (AvgIpc) is 3.54. The number of thiazole rings is 1. The van der Waals surface area contributed by atoms with Crippen molar-refractivity contribution in [2.24, 2.45) is 5.16 Å². The molecule has 0 aromatic carbocycles. The molecule has 15 nitrogen and oxygen atoms in total. The Bertz CT molecular complexity index is 1320. The number of hydrogen-bond donors (Lipinski definition) is 5. The van der Waals surface area contributed by atoms with Crippen LogP contribution in [0.3, 0.4) is 0 Å². The van der Waals surface area contributed by atoms with Crippen LogP contribution in [0.2, 0.25) is 0 Å². The number of fused-ring (bicyclic) bond motifs is 1. The highest BCUT2D eigenvalue weighted by Crippen LogP contribution is 2.42. The van der Waals surface area contributed by atoms with E-state index in [0.29, 0.717) is 27.9 Å². The number of carbonyl (C=O) groups is 4. The molecule has 0 bridgehead atoms. The summed E-state index contributed by atoms with van der Waals surface area (Å²) in [4.78, 5) is 60.4. The third kappa shape index (κ3) is 5.60. The average molecular weight is 583 g/mol. The number of amides is 2. The summed E-state index contributed by atoms with van der Waals surface area (Å²) in [6.07, 6.45) is 2.36. The Kier molecular flexibility index (Phi) is 7.93. The number of nitrogens with zero attached hydrogens (tertiary/aromatic N) is 5. The monoisotopic (exact) mass is 582 g/mol. The van der Waals surface area contributed by atoms with Gasteiger partial charge in [-0.1, -0.05) is 16.9 Å². The van der Waals surface area contributed by atoms with Gasteiger partial charge in [0.25, 0.3) is 11.8 Å². The Morgan fingerprint density at radius 1 is 1.37 bits per heavy atom. The topological polar surface area (TPSA) is 226 Å². The predicted molar refractivity (Wildman–Crippen MR) is 137 cm³/mol.